The van der Waals surface area contributed by atoms with Gasteiger partial charge in [-0.1, -0.05) is 39.7 Å². The van der Waals surface area contributed by atoms with E-state index in [0.29, 0.717) is 33.8 Å². The Kier molecular flexibility index (Phi) is 5.32. The second kappa shape index (κ2) is 7.93. The van der Waals surface area contributed by atoms with Gasteiger partial charge >= 0.3 is 0 Å². The summed E-state index contributed by atoms with van der Waals surface area (Å²) in [5.74, 6) is -0.831. The fraction of sp³-hybridized carbons (Fsp3) is 0.0455. The summed E-state index contributed by atoms with van der Waals surface area (Å²) in [5, 5.41) is 2.91. The lowest BCUT2D eigenvalue weighted by molar-refractivity contribution is 0.0924. The zero-order valence-corrected chi connectivity index (χ0v) is 18.0. The third-order valence-electron chi connectivity index (χ3n) is 4.66. The summed E-state index contributed by atoms with van der Waals surface area (Å²) < 4.78 is 5.96. The molecule has 0 bridgehead atoms. The van der Waals surface area contributed by atoms with Crippen molar-refractivity contribution in [3.05, 3.63) is 86.8 Å². The van der Waals surface area contributed by atoms with E-state index in [4.69, 9.17) is 16.3 Å². The maximum Gasteiger partial charge on any atom is 0.266 e. The maximum absolute atomic E-state index is 12.7. The molecule has 1 N–H and O–H groups in total. The number of nitrogens with zero attached hydrogens (tertiary/aromatic N) is 1. The number of methoxy groups -OCH3 is 1. The van der Waals surface area contributed by atoms with Crippen molar-refractivity contribution in [1.82, 2.24) is 0 Å². The molecule has 3 aromatic carbocycles. The molecule has 8 heteroatoms. The number of carbonyl (C=O) groups excluding carboxylic acids is 3. The standard InChI is InChI=1S/C22H14BrClN2O4/c1-30-19-9-6-12(23)10-16(19)20(27)25-18-8-7-13(11-17(18)24)26-21(28)14-4-2-3-5-15(14)22(26)29/h2-11H,1H3,(H,25,27). The van der Waals surface area contributed by atoms with Gasteiger partial charge in [-0.3, -0.25) is 14.4 Å². The number of halogens is 2. The highest BCUT2D eigenvalue weighted by Gasteiger charge is 2.36. The highest BCUT2D eigenvalue weighted by atomic mass is 79.9. The summed E-state index contributed by atoms with van der Waals surface area (Å²) in [4.78, 5) is 39.1. The average Bonchev–Trinajstić information content (AvgIpc) is 3.00. The molecule has 150 valence electrons. The van der Waals surface area contributed by atoms with Gasteiger partial charge in [0.1, 0.15) is 5.75 Å². The van der Waals surface area contributed by atoms with E-state index in [1.165, 1.54) is 13.2 Å². The Hall–Kier alpha value is -3.16. The molecule has 3 aromatic rings. The molecule has 4 rings (SSSR count). The van der Waals surface area contributed by atoms with Crippen LogP contribution in [0.4, 0.5) is 11.4 Å². The largest absolute Gasteiger partial charge is 0.496 e. The van der Waals surface area contributed by atoms with Crippen LogP contribution >= 0.6 is 27.5 Å². The number of amides is 3. The summed E-state index contributed by atoms with van der Waals surface area (Å²) >= 11 is 9.68. The Balaban J connectivity index is 1.61. The third kappa shape index (κ3) is 3.46. The molecule has 0 atom stereocenters. The van der Waals surface area contributed by atoms with Crippen LogP contribution in [0.2, 0.25) is 5.02 Å². The predicted octanol–water partition coefficient (Wildman–Crippen LogP) is 5.16. The molecule has 0 fully saturated rings. The van der Waals surface area contributed by atoms with Gasteiger partial charge in [-0.2, -0.15) is 0 Å². The average molecular weight is 486 g/mol. The van der Waals surface area contributed by atoms with Crippen molar-refractivity contribution in [3.63, 3.8) is 0 Å². The van der Waals surface area contributed by atoms with Gasteiger partial charge in [0.15, 0.2) is 0 Å². The summed E-state index contributed by atoms with van der Waals surface area (Å²) in [7, 11) is 1.48. The SMILES string of the molecule is COc1ccc(Br)cc1C(=O)Nc1ccc(N2C(=O)c3ccccc3C2=O)cc1Cl. The Bertz CT molecular complexity index is 1180. The van der Waals surface area contributed by atoms with Gasteiger partial charge in [0.2, 0.25) is 0 Å². The number of benzene rings is 3. The Morgan fingerprint density at radius 2 is 1.67 bits per heavy atom. The molecular weight excluding hydrogens is 472 g/mol. The fourth-order valence-electron chi connectivity index (χ4n) is 3.22. The van der Waals surface area contributed by atoms with Crippen molar-refractivity contribution in [2.24, 2.45) is 0 Å². The number of nitrogens with one attached hydrogen (secondary N) is 1. The van der Waals surface area contributed by atoms with Crippen LogP contribution in [-0.2, 0) is 0 Å². The topological polar surface area (TPSA) is 75.7 Å². The first-order valence-corrected chi connectivity index (χ1v) is 10.00. The smallest absolute Gasteiger partial charge is 0.266 e. The summed E-state index contributed by atoms with van der Waals surface area (Å²) in [6.07, 6.45) is 0. The van der Waals surface area contributed by atoms with Crippen LogP contribution in [0, 0.1) is 0 Å². The Morgan fingerprint density at radius 3 is 2.27 bits per heavy atom. The maximum atomic E-state index is 12.7. The highest BCUT2D eigenvalue weighted by molar-refractivity contribution is 9.10. The lowest BCUT2D eigenvalue weighted by Gasteiger charge is -2.16. The number of anilines is 2. The Morgan fingerprint density at radius 1 is 1.00 bits per heavy atom. The molecule has 1 heterocycles. The van der Waals surface area contributed by atoms with E-state index in [1.54, 1.807) is 54.6 Å². The van der Waals surface area contributed by atoms with E-state index < -0.39 is 17.7 Å². The van der Waals surface area contributed by atoms with Crippen LogP contribution in [-0.4, -0.2) is 24.8 Å². The first-order valence-electron chi connectivity index (χ1n) is 8.83. The van der Waals surface area contributed by atoms with Crippen LogP contribution in [0.1, 0.15) is 31.1 Å². The number of ether oxygens (including phenoxy) is 1. The zero-order valence-electron chi connectivity index (χ0n) is 15.6. The molecule has 0 spiro atoms. The van der Waals surface area contributed by atoms with Crippen molar-refractivity contribution in [1.29, 1.82) is 0 Å². The second-order valence-electron chi connectivity index (χ2n) is 6.45. The van der Waals surface area contributed by atoms with Crippen molar-refractivity contribution >= 4 is 56.6 Å². The highest BCUT2D eigenvalue weighted by Crippen LogP contribution is 2.33. The van der Waals surface area contributed by atoms with Crippen LogP contribution in [0.5, 0.6) is 5.75 Å². The number of rotatable bonds is 4. The molecule has 0 saturated carbocycles. The van der Waals surface area contributed by atoms with E-state index in [1.807, 2.05) is 0 Å². The van der Waals surface area contributed by atoms with Gasteiger partial charge in [-0.05, 0) is 48.5 Å². The molecule has 1 aliphatic heterocycles. The normalized spacial score (nSPS) is 12.7. The fourth-order valence-corrected chi connectivity index (χ4v) is 3.80. The van der Waals surface area contributed by atoms with E-state index in [9.17, 15) is 14.4 Å². The van der Waals surface area contributed by atoms with Crippen molar-refractivity contribution < 1.29 is 19.1 Å². The van der Waals surface area contributed by atoms with Gasteiger partial charge in [0.25, 0.3) is 17.7 Å². The van der Waals surface area contributed by atoms with Gasteiger partial charge in [0.05, 0.1) is 40.2 Å². The summed E-state index contributed by atoms with van der Waals surface area (Å²) in [6.45, 7) is 0. The third-order valence-corrected chi connectivity index (χ3v) is 5.47. The van der Waals surface area contributed by atoms with Gasteiger partial charge < -0.3 is 10.1 Å². The van der Waals surface area contributed by atoms with Crippen LogP contribution < -0.4 is 15.0 Å². The lowest BCUT2D eigenvalue weighted by Crippen LogP contribution is -2.29. The van der Waals surface area contributed by atoms with Gasteiger partial charge in [0, 0.05) is 4.47 Å². The van der Waals surface area contributed by atoms with Gasteiger partial charge in [-0.15, -0.1) is 0 Å². The lowest BCUT2D eigenvalue weighted by atomic mass is 10.1. The van der Waals surface area contributed by atoms with Crippen molar-refractivity contribution in [2.75, 3.05) is 17.3 Å². The number of carbonyl (C=O) groups is 3. The van der Waals surface area contributed by atoms with Gasteiger partial charge in [-0.25, -0.2) is 4.90 Å². The molecule has 0 aromatic heterocycles. The quantitative estimate of drug-likeness (QED) is 0.518. The zero-order chi connectivity index (χ0) is 21.4. The van der Waals surface area contributed by atoms with Crippen LogP contribution in [0.25, 0.3) is 0 Å². The van der Waals surface area contributed by atoms with Crippen molar-refractivity contribution in [2.45, 2.75) is 0 Å². The molecule has 0 aliphatic carbocycles. The molecule has 1 aliphatic rings. The number of imide groups is 1. The van der Waals surface area contributed by atoms with E-state index >= 15 is 0 Å². The number of fused-ring (bicyclic) bond motifs is 1. The molecule has 30 heavy (non-hydrogen) atoms. The monoisotopic (exact) mass is 484 g/mol. The van der Waals surface area contributed by atoms with Crippen LogP contribution in [0.15, 0.2) is 65.1 Å². The predicted molar refractivity (Wildman–Crippen MR) is 118 cm³/mol. The molecule has 0 radical (unpaired) electrons. The van der Waals surface area contributed by atoms with Crippen LogP contribution in [0.3, 0.4) is 0 Å². The summed E-state index contributed by atoms with van der Waals surface area (Å²) in [5.41, 5.74) is 1.68. The minimum atomic E-state index is -0.415. The first kappa shape index (κ1) is 20.1. The number of hydrogen-bond donors (Lipinski definition) is 1. The minimum absolute atomic E-state index is 0.186. The molecule has 3 amide bonds. The summed E-state index contributed by atoms with van der Waals surface area (Å²) in [6, 6.07) is 16.3. The van der Waals surface area contributed by atoms with E-state index in [2.05, 4.69) is 21.2 Å². The first-order chi connectivity index (χ1) is 14.4. The van der Waals surface area contributed by atoms with Crippen molar-refractivity contribution in [3.8, 4) is 5.75 Å². The molecule has 0 unspecified atom stereocenters. The second-order valence-corrected chi connectivity index (χ2v) is 7.78. The minimum Gasteiger partial charge on any atom is -0.496 e. The molecular formula is C22H14BrClN2O4. The molecule has 0 saturated heterocycles. The van der Waals surface area contributed by atoms with E-state index in [-0.39, 0.29) is 5.02 Å². The Labute approximate surface area is 185 Å². The molecule has 6 nitrogen and oxygen atoms in total. The number of hydrogen-bond acceptors (Lipinski definition) is 4. The van der Waals surface area contributed by atoms with E-state index in [0.717, 1.165) is 9.37 Å².